The molecule has 2 amide bonds. The number of hydrogen-bond acceptors (Lipinski definition) is 12. The molecular formula is C42H44N12O2. The number of nitrogens with zero attached hydrogens (tertiary/aromatic N) is 7. The van der Waals surface area contributed by atoms with Crippen molar-refractivity contribution in [2.75, 3.05) is 26.2 Å². The third kappa shape index (κ3) is 9.67. The summed E-state index contributed by atoms with van der Waals surface area (Å²) in [6.45, 7) is 5.15. The number of nitrogens with two attached hydrogens (primary N) is 2. The highest BCUT2D eigenvalue weighted by molar-refractivity contribution is 5.96. The van der Waals surface area contributed by atoms with E-state index in [0.29, 0.717) is 86.3 Å². The molecule has 0 spiro atoms. The smallest absolute Gasteiger partial charge is 0.251 e. The van der Waals surface area contributed by atoms with Gasteiger partial charge in [0.2, 0.25) is 0 Å². The molecular weight excluding hydrogens is 705 g/mol. The molecule has 6 aromatic rings. The molecule has 0 unspecified atom stereocenters. The zero-order chi connectivity index (χ0) is 38.9. The van der Waals surface area contributed by atoms with Gasteiger partial charge in [0.15, 0.2) is 0 Å². The second-order valence-corrected chi connectivity index (χ2v) is 13.5. The Labute approximate surface area is 325 Å². The van der Waals surface area contributed by atoms with Crippen molar-refractivity contribution in [1.82, 2.24) is 50.8 Å². The van der Waals surface area contributed by atoms with Gasteiger partial charge in [0.05, 0.1) is 62.6 Å². The Morgan fingerprint density at radius 2 is 1.09 bits per heavy atom. The maximum Gasteiger partial charge on any atom is 0.251 e. The Bertz CT molecular complexity index is 2350. The summed E-state index contributed by atoms with van der Waals surface area (Å²) >= 11 is 0. The highest BCUT2D eigenvalue weighted by atomic mass is 16.2. The van der Waals surface area contributed by atoms with Crippen LogP contribution in [0.4, 0.5) is 0 Å². The van der Waals surface area contributed by atoms with Gasteiger partial charge in [-0.15, -0.1) is 0 Å². The van der Waals surface area contributed by atoms with E-state index in [2.05, 4.69) is 25.8 Å². The van der Waals surface area contributed by atoms with Gasteiger partial charge in [-0.3, -0.25) is 19.5 Å². The van der Waals surface area contributed by atoms with E-state index in [0.717, 1.165) is 45.6 Å². The summed E-state index contributed by atoms with van der Waals surface area (Å²) in [5.41, 5.74) is 20.8. The van der Waals surface area contributed by atoms with Crippen LogP contribution in [0.15, 0.2) is 97.1 Å². The van der Waals surface area contributed by atoms with Gasteiger partial charge in [-0.25, -0.2) is 24.9 Å². The maximum atomic E-state index is 13.5. The molecule has 0 aromatic carbocycles. The average molecular weight is 749 g/mol. The summed E-state index contributed by atoms with van der Waals surface area (Å²) in [5, 5.41) is 9.16. The molecule has 14 nitrogen and oxygen atoms in total. The van der Waals surface area contributed by atoms with Gasteiger partial charge >= 0.3 is 0 Å². The monoisotopic (exact) mass is 748 g/mol. The van der Waals surface area contributed by atoms with Crippen molar-refractivity contribution in [3.63, 3.8) is 0 Å². The Kier molecular flexibility index (Phi) is 12.1. The zero-order valence-corrected chi connectivity index (χ0v) is 31.2. The summed E-state index contributed by atoms with van der Waals surface area (Å²) in [6, 6.07) is 30.5. The Morgan fingerprint density at radius 1 is 0.589 bits per heavy atom. The SMILES string of the molecule is Cc1cccc(-c2cccc(CN3Cc4cccc(n4)-c4cccc(n4)CNCc4cc(C(=O)NCCN)cc(n4)-c4cc(C(=O)NCCN)cc(n4)C3)n2)n1. The minimum Gasteiger partial charge on any atom is -0.351 e. The number of aryl methyl sites for hydroxylation is 1. The zero-order valence-electron chi connectivity index (χ0n) is 31.2. The molecule has 0 saturated carbocycles. The van der Waals surface area contributed by atoms with E-state index in [1.807, 2.05) is 79.7 Å². The fraction of sp³-hybridized carbons (Fsp3) is 0.238. The first kappa shape index (κ1) is 38.0. The van der Waals surface area contributed by atoms with Crippen molar-refractivity contribution < 1.29 is 9.59 Å². The Hall–Kier alpha value is -6.32. The standard InChI is InChI=1S/C42H44N12O2/c1-27-6-2-10-35(48-27)36-12-4-8-31(50-36)24-54-25-32-9-5-13-38(51-32)37-11-3-7-30(49-37)22-45-23-33-18-28(41(55)46-16-14-43)20-39(52-33)40-21-29(19-34(26-54)53-40)42(56)47-17-15-44/h2-13,18-21,45H,14-17,22-26,43-44H2,1H3,(H,46,55)(H,47,56). The van der Waals surface area contributed by atoms with Crippen LogP contribution in [0.5, 0.6) is 0 Å². The molecule has 0 aliphatic carbocycles. The molecule has 7 heterocycles. The van der Waals surface area contributed by atoms with Crippen LogP contribution in [0.2, 0.25) is 0 Å². The minimum atomic E-state index is -0.296. The van der Waals surface area contributed by atoms with Gasteiger partial charge < -0.3 is 27.4 Å². The van der Waals surface area contributed by atoms with Gasteiger partial charge in [-0.05, 0) is 79.7 Å². The lowest BCUT2D eigenvalue weighted by Crippen LogP contribution is -2.30. The molecule has 56 heavy (non-hydrogen) atoms. The molecule has 7 rings (SSSR count). The fourth-order valence-corrected chi connectivity index (χ4v) is 6.45. The first-order chi connectivity index (χ1) is 27.3. The molecule has 8 bridgehead atoms. The number of aromatic nitrogens is 6. The lowest BCUT2D eigenvalue weighted by Gasteiger charge is -2.23. The van der Waals surface area contributed by atoms with E-state index in [1.54, 1.807) is 24.3 Å². The van der Waals surface area contributed by atoms with Crippen molar-refractivity contribution in [3.05, 3.63) is 142 Å². The number of nitrogens with one attached hydrogen (secondary N) is 3. The van der Waals surface area contributed by atoms with Crippen molar-refractivity contribution >= 4 is 11.8 Å². The number of rotatable bonds is 9. The van der Waals surface area contributed by atoms with Crippen LogP contribution >= 0.6 is 0 Å². The molecule has 0 radical (unpaired) electrons. The molecule has 14 heteroatoms. The molecule has 0 atom stereocenters. The minimum absolute atomic E-state index is 0.288. The van der Waals surface area contributed by atoms with Crippen molar-refractivity contribution in [3.8, 4) is 34.2 Å². The second-order valence-electron chi connectivity index (χ2n) is 13.5. The number of fused-ring (bicyclic) bond motifs is 10. The van der Waals surface area contributed by atoms with Crippen molar-refractivity contribution in [1.29, 1.82) is 0 Å². The second kappa shape index (κ2) is 17.9. The van der Waals surface area contributed by atoms with Gasteiger partial charge in [0.1, 0.15) is 0 Å². The van der Waals surface area contributed by atoms with Gasteiger partial charge in [-0.2, -0.15) is 0 Å². The van der Waals surface area contributed by atoms with E-state index in [9.17, 15) is 9.59 Å². The van der Waals surface area contributed by atoms with Crippen LogP contribution in [0.3, 0.4) is 0 Å². The quantitative estimate of drug-likeness (QED) is 0.144. The largest absolute Gasteiger partial charge is 0.351 e. The molecule has 0 fully saturated rings. The predicted octanol–water partition coefficient (Wildman–Crippen LogP) is 3.55. The van der Waals surface area contributed by atoms with E-state index in [1.165, 1.54) is 0 Å². The van der Waals surface area contributed by atoms with Crippen molar-refractivity contribution in [2.24, 2.45) is 11.5 Å². The van der Waals surface area contributed by atoms with E-state index in [-0.39, 0.29) is 18.4 Å². The Morgan fingerprint density at radius 3 is 1.75 bits per heavy atom. The lowest BCUT2D eigenvalue weighted by molar-refractivity contribution is 0.0946. The normalized spacial score (nSPS) is 13.0. The molecule has 7 N–H and O–H groups in total. The summed E-state index contributed by atoms with van der Waals surface area (Å²) in [4.78, 5) is 58.7. The van der Waals surface area contributed by atoms with Gasteiger partial charge in [0.25, 0.3) is 11.8 Å². The van der Waals surface area contributed by atoms with Crippen LogP contribution < -0.4 is 27.4 Å². The molecule has 284 valence electrons. The van der Waals surface area contributed by atoms with E-state index < -0.39 is 0 Å². The highest BCUT2D eigenvalue weighted by Crippen LogP contribution is 2.24. The van der Waals surface area contributed by atoms with Crippen molar-refractivity contribution in [2.45, 2.75) is 39.6 Å². The first-order valence-electron chi connectivity index (χ1n) is 18.6. The molecule has 6 aromatic heterocycles. The Balaban J connectivity index is 1.34. The first-order valence-corrected chi connectivity index (χ1v) is 18.6. The van der Waals surface area contributed by atoms with Crippen LogP contribution in [0.1, 0.15) is 54.9 Å². The van der Waals surface area contributed by atoms with Crippen LogP contribution in [-0.2, 0) is 32.7 Å². The van der Waals surface area contributed by atoms with E-state index >= 15 is 0 Å². The van der Waals surface area contributed by atoms with Gasteiger partial charge in [-0.1, -0.05) is 24.3 Å². The topological polar surface area (TPSA) is 203 Å². The fourth-order valence-electron chi connectivity index (χ4n) is 6.45. The maximum absolute atomic E-state index is 13.5. The number of hydrogen-bond donors (Lipinski definition) is 5. The van der Waals surface area contributed by atoms with Crippen LogP contribution in [-0.4, -0.2) is 72.8 Å². The third-order valence-corrected chi connectivity index (χ3v) is 9.01. The number of carbonyl (C=O) groups is 2. The molecule has 1 aliphatic rings. The predicted molar refractivity (Wildman–Crippen MR) is 213 cm³/mol. The van der Waals surface area contributed by atoms with Crippen LogP contribution in [0, 0.1) is 6.92 Å². The summed E-state index contributed by atoms with van der Waals surface area (Å²) in [6.07, 6.45) is 0. The van der Waals surface area contributed by atoms with Gasteiger partial charge in [0, 0.05) is 75.7 Å². The number of pyridine rings is 6. The van der Waals surface area contributed by atoms with Crippen LogP contribution in [0.25, 0.3) is 34.2 Å². The highest BCUT2D eigenvalue weighted by Gasteiger charge is 2.19. The molecule has 0 saturated heterocycles. The summed E-state index contributed by atoms with van der Waals surface area (Å²) in [5.74, 6) is -0.583. The number of carbonyl (C=O) groups excluding carboxylic acids is 2. The van der Waals surface area contributed by atoms with E-state index in [4.69, 9.17) is 36.4 Å². The molecule has 1 aliphatic heterocycles. The summed E-state index contributed by atoms with van der Waals surface area (Å²) in [7, 11) is 0. The third-order valence-electron chi connectivity index (χ3n) is 9.01. The average Bonchev–Trinajstić information content (AvgIpc) is 3.21. The number of amides is 2. The summed E-state index contributed by atoms with van der Waals surface area (Å²) < 4.78 is 0. The lowest BCUT2D eigenvalue weighted by atomic mass is 10.1.